The summed E-state index contributed by atoms with van der Waals surface area (Å²) < 4.78 is 0.959. The van der Waals surface area contributed by atoms with Gasteiger partial charge < -0.3 is 9.80 Å². The van der Waals surface area contributed by atoms with Crippen LogP contribution in [0.5, 0.6) is 0 Å². The van der Waals surface area contributed by atoms with Gasteiger partial charge in [-0.05, 0) is 114 Å². The average molecular weight is 756 g/mol. The van der Waals surface area contributed by atoms with Gasteiger partial charge in [-0.15, -0.1) is 0 Å². The SMILES string of the molecule is CC(C)(C)c1ccc(N2c3cccc(c3)[Si](C)(c3ccccc3)c3cccc(c3)N(c3ccc(C(C)(C)C)cc3)c3cc(Cl)cc2c3Br)cc1. The summed E-state index contributed by atoms with van der Waals surface area (Å²) in [4.78, 5) is 4.71. The summed E-state index contributed by atoms with van der Waals surface area (Å²) in [5.41, 5.74) is 8.96. The smallest absolute Gasteiger partial charge is 0.145 e. The van der Waals surface area contributed by atoms with Crippen LogP contribution in [-0.4, -0.2) is 8.07 Å². The van der Waals surface area contributed by atoms with Crippen LogP contribution in [-0.2, 0) is 10.8 Å². The van der Waals surface area contributed by atoms with Crippen LogP contribution in [0.4, 0.5) is 34.1 Å². The molecule has 0 fully saturated rings. The van der Waals surface area contributed by atoms with Crippen molar-refractivity contribution in [2.75, 3.05) is 9.80 Å². The van der Waals surface area contributed by atoms with Gasteiger partial charge in [-0.2, -0.15) is 0 Å². The summed E-state index contributed by atoms with van der Waals surface area (Å²) in [6.45, 7) is 16.0. The monoisotopic (exact) mass is 754 g/mol. The van der Waals surface area contributed by atoms with Crippen LogP contribution < -0.4 is 25.4 Å². The topological polar surface area (TPSA) is 6.48 Å². The van der Waals surface area contributed by atoms with Crippen molar-refractivity contribution in [3.63, 3.8) is 0 Å². The number of benzene rings is 6. The fraction of sp³-hybridized carbons (Fsp3) is 0.200. The molecule has 1 heterocycles. The van der Waals surface area contributed by atoms with Gasteiger partial charge in [0.25, 0.3) is 0 Å². The standard InChI is InChI=1S/C45H44BrClN2Si/c1-44(2,3)31-19-23-34(24-20-31)48-36-13-11-17-39(29-36)50(7,38-15-9-8-10-16-38)40-18-12-14-37(30-40)49(42-28-33(47)27-41(48)43(42)46)35-25-21-32(22-26-35)45(4,5)6/h8-30H,1-7H3. The molecule has 0 unspecified atom stereocenters. The number of rotatable bonds is 3. The van der Waals surface area contributed by atoms with E-state index in [1.807, 2.05) is 0 Å². The second kappa shape index (κ2) is 12.9. The van der Waals surface area contributed by atoms with Gasteiger partial charge in [-0.1, -0.05) is 139 Å². The third-order valence-corrected chi connectivity index (χ3v) is 15.6. The van der Waals surface area contributed by atoms with Gasteiger partial charge in [0.15, 0.2) is 0 Å². The second-order valence-corrected chi connectivity index (χ2v) is 20.8. The average Bonchev–Trinajstić information content (AvgIpc) is 3.10. The van der Waals surface area contributed by atoms with Crippen molar-refractivity contribution in [2.24, 2.45) is 0 Å². The number of halogens is 2. The Kier molecular flexibility index (Phi) is 8.87. The molecule has 6 aromatic rings. The van der Waals surface area contributed by atoms with E-state index in [0.29, 0.717) is 5.02 Å². The summed E-state index contributed by atoms with van der Waals surface area (Å²) in [5, 5.41) is 4.72. The maximum Gasteiger partial charge on any atom is 0.145 e. The molecule has 0 amide bonds. The number of anilines is 6. The van der Waals surface area contributed by atoms with Gasteiger partial charge in [0.1, 0.15) is 8.07 Å². The van der Waals surface area contributed by atoms with Gasteiger partial charge >= 0.3 is 0 Å². The zero-order valence-electron chi connectivity index (χ0n) is 29.9. The van der Waals surface area contributed by atoms with E-state index in [-0.39, 0.29) is 10.8 Å². The third kappa shape index (κ3) is 6.23. The highest BCUT2D eigenvalue weighted by atomic mass is 79.9. The molecule has 0 saturated carbocycles. The van der Waals surface area contributed by atoms with Crippen LogP contribution in [0.2, 0.25) is 11.6 Å². The molecule has 0 atom stereocenters. The first-order chi connectivity index (χ1) is 23.7. The van der Waals surface area contributed by atoms with Crippen molar-refractivity contribution in [1.29, 1.82) is 0 Å². The van der Waals surface area contributed by atoms with Gasteiger partial charge in [-0.3, -0.25) is 0 Å². The molecule has 6 aromatic carbocycles. The van der Waals surface area contributed by atoms with Gasteiger partial charge in [0.05, 0.1) is 15.8 Å². The van der Waals surface area contributed by atoms with Crippen LogP contribution in [0.3, 0.4) is 0 Å². The van der Waals surface area contributed by atoms with E-state index >= 15 is 0 Å². The summed E-state index contributed by atoms with van der Waals surface area (Å²) in [6, 6.07) is 51.6. The highest BCUT2D eigenvalue weighted by Crippen LogP contribution is 2.48. The maximum absolute atomic E-state index is 7.13. The largest absolute Gasteiger partial charge is 0.309 e. The number of nitrogens with zero attached hydrogens (tertiary/aromatic N) is 2. The Morgan fingerprint density at radius 2 is 0.880 bits per heavy atom. The predicted molar refractivity (Wildman–Crippen MR) is 223 cm³/mol. The summed E-state index contributed by atoms with van der Waals surface area (Å²) in [7, 11) is -2.50. The molecule has 0 radical (unpaired) electrons. The molecular formula is C45H44BrClN2Si. The van der Waals surface area contributed by atoms with E-state index in [9.17, 15) is 0 Å². The van der Waals surface area contributed by atoms with Crippen LogP contribution in [0, 0.1) is 0 Å². The Morgan fingerprint density at radius 1 is 0.480 bits per heavy atom. The van der Waals surface area contributed by atoms with Crippen molar-refractivity contribution in [3.05, 3.63) is 160 Å². The minimum Gasteiger partial charge on any atom is -0.309 e. The molecule has 50 heavy (non-hydrogen) atoms. The van der Waals surface area contributed by atoms with E-state index < -0.39 is 8.07 Å². The van der Waals surface area contributed by atoms with E-state index in [2.05, 4.69) is 213 Å². The first kappa shape index (κ1) is 34.4. The first-order valence-electron chi connectivity index (χ1n) is 17.3. The fourth-order valence-electron chi connectivity index (χ4n) is 7.15. The first-order valence-corrected chi connectivity index (χ1v) is 21.0. The third-order valence-electron chi connectivity index (χ3n) is 10.2. The van der Waals surface area contributed by atoms with Crippen molar-refractivity contribution in [2.45, 2.75) is 58.9 Å². The molecule has 2 nitrogen and oxygen atoms in total. The lowest BCUT2D eigenvalue weighted by Gasteiger charge is -2.36. The van der Waals surface area contributed by atoms with E-state index in [4.69, 9.17) is 11.6 Å². The number of hydrogen-bond acceptors (Lipinski definition) is 2. The summed E-state index contributed by atoms with van der Waals surface area (Å²) in [5.74, 6) is 0. The molecule has 0 spiro atoms. The maximum atomic E-state index is 7.13. The van der Waals surface area contributed by atoms with E-state index in [1.54, 1.807) is 0 Å². The lowest BCUT2D eigenvalue weighted by Crippen LogP contribution is -2.64. The molecule has 0 aliphatic carbocycles. The van der Waals surface area contributed by atoms with Crippen molar-refractivity contribution in [3.8, 4) is 0 Å². The molecule has 5 heteroatoms. The Balaban J connectivity index is 1.57. The molecule has 7 rings (SSSR count). The summed E-state index contributed by atoms with van der Waals surface area (Å²) >= 11 is 11.3. The van der Waals surface area contributed by atoms with Crippen LogP contribution in [0.25, 0.3) is 0 Å². The molecule has 6 bridgehead atoms. The highest BCUT2D eigenvalue weighted by Gasteiger charge is 2.36. The number of hydrogen-bond donors (Lipinski definition) is 0. The molecule has 1 aliphatic rings. The molecule has 252 valence electrons. The lowest BCUT2D eigenvalue weighted by molar-refractivity contribution is 0.590. The quantitative estimate of drug-likeness (QED) is 0.166. The normalized spacial score (nSPS) is 14.2. The fourth-order valence-corrected chi connectivity index (χ4v) is 11.5. The zero-order chi connectivity index (χ0) is 35.4. The minimum absolute atomic E-state index is 0.0446. The Morgan fingerprint density at radius 3 is 1.28 bits per heavy atom. The Bertz CT molecular complexity index is 2030. The Hall–Kier alpha value is -4.09. The van der Waals surface area contributed by atoms with Gasteiger partial charge in [-0.25, -0.2) is 0 Å². The molecule has 0 N–H and O–H groups in total. The summed E-state index contributed by atoms with van der Waals surface area (Å²) in [6.07, 6.45) is 0. The predicted octanol–water partition coefficient (Wildman–Crippen LogP) is 12.1. The minimum atomic E-state index is -2.50. The van der Waals surface area contributed by atoms with E-state index in [0.717, 1.165) is 38.6 Å². The van der Waals surface area contributed by atoms with Crippen LogP contribution in [0.1, 0.15) is 52.7 Å². The number of fused-ring (bicyclic) bond motifs is 6. The molecule has 0 aromatic heterocycles. The lowest BCUT2D eigenvalue weighted by atomic mass is 9.87. The molecule has 1 aliphatic heterocycles. The highest BCUT2D eigenvalue weighted by molar-refractivity contribution is 9.10. The zero-order valence-corrected chi connectivity index (χ0v) is 33.3. The van der Waals surface area contributed by atoms with E-state index in [1.165, 1.54) is 26.7 Å². The van der Waals surface area contributed by atoms with Crippen LogP contribution >= 0.6 is 27.5 Å². The van der Waals surface area contributed by atoms with Crippen molar-refractivity contribution in [1.82, 2.24) is 0 Å². The van der Waals surface area contributed by atoms with Gasteiger partial charge in [0.2, 0.25) is 0 Å². The molecular weight excluding hydrogens is 712 g/mol. The Labute approximate surface area is 312 Å². The molecule has 0 saturated heterocycles. The van der Waals surface area contributed by atoms with Crippen molar-refractivity contribution < 1.29 is 0 Å². The van der Waals surface area contributed by atoms with Crippen molar-refractivity contribution >= 4 is 85.3 Å². The van der Waals surface area contributed by atoms with Crippen LogP contribution in [0.15, 0.2) is 144 Å². The second-order valence-electron chi connectivity index (χ2n) is 15.6. The van der Waals surface area contributed by atoms with Gasteiger partial charge in [0, 0.05) is 27.8 Å².